The van der Waals surface area contributed by atoms with Crippen molar-refractivity contribution >= 4 is 39.8 Å². The maximum absolute atomic E-state index is 8.98. The number of nitriles is 1. The summed E-state index contributed by atoms with van der Waals surface area (Å²) < 4.78 is 0. The molecule has 0 heterocycles. The summed E-state index contributed by atoms with van der Waals surface area (Å²) in [5.74, 6) is 0. The van der Waals surface area contributed by atoms with E-state index in [0.717, 1.165) is 6.42 Å². The molecule has 0 saturated heterocycles. The van der Waals surface area contributed by atoms with Gasteiger partial charge in [-0.15, -0.1) is 0 Å². The van der Waals surface area contributed by atoms with Crippen molar-refractivity contribution in [3.05, 3.63) is 39.4 Å². The van der Waals surface area contributed by atoms with Crippen molar-refractivity contribution in [2.45, 2.75) is 19.8 Å². The van der Waals surface area contributed by atoms with Gasteiger partial charge in [0, 0.05) is 21.2 Å². The van der Waals surface area contributed by atoms with Crippen LogP contribution in [0.2, 0.25) is 10.0 Å². The van der Waals surface area contributed by atoms with Crippen molar-refractivity contribution in [1.29, 1.82) is 5.26 Å². The minimum atomic E-state index is 0.386. The molecule has 0 N–H and O–H groups in total. The minimum absolute atomic E-state index is 0.386. The first kappa shape index (κ1) is 13.4. The zero-order valence-corrected chi connectivity index (χ0v) is 11.0. The topological polar surface area (TPSA) is 23.8 Å². The van der Waals surface area contributed by atoms with Crippen LogP contribution in [0.15, 0.2) is 23.8 Å². The number of halogens is 3. The summed E-state index contributed by atoms with van der Waals surface area (Å²) in [6.07, 6.45) is 1.50. The van der Waals surface area contributed by atoms with Crippen LogP contribution in [0.1, 0.15) is 25.3 Å². The molecule has 0 saturated carbocycles. The molecule has 1 aromatic rings. The highest BCUT2D eigenvalue weighted by Crippen LogP contribution is 2.32. The van der Waals surface area contributed by atoms with Crippen LogP contribution in [0.5, 0.6) is 0 Å². The fourth-order valence-electron chi connectivity index (χ4n) is 1.29. The Morgan fingerprint density at radius 2 is 2.06 bits per heavy atom. The van der Waals surface area contributed by atoms with Crippen LogP contribution in [-0.4, -0.2) is 0 Å². The van der Waals surface area contributed by atoms with Gasteiger partial charge in [-0.2, -0.15) is 5.26 Å². The molecule has 0 aliphatic heterocycles. The number of nitrogens with zero attached hydrogens (tertiary/aromatic N) is 1. The number of allylic oxidation sites excluding steroid dienone is 1. The van der Waals surface area contributed by atoms with Gasteiger partial charge in [-0.25, -0.2) is 0 Å². The second-order valence-corrected chi connectivity index (χ2v) is 4.50. The third kappa shape index (κ3) is 3.15. The molecule has 84 valence electrons. The van der Waals surface area contributed by atoms with Crippen molar-refractivity contribution in [2.24, 2.45) is 0 Å². The fourth-order valence-corrected chi connectivity index (χ4v) is 2.02. The molecule has 1 nitrogen and oxygen atoms in total. The number of rotatable bonds is 3. The Balaban J connectivity index is 3.27. The maximum atomic E-state index is 8.98. The van der Waals surface area contributed by atoms with Gasteiger partial charge in [0.2, 0.25) is 0 Å². The highest BCUT2D eigenvalue weighted by atomic mass is 35.5. The molecule has 0 aliphatic rings. The molecular formula is C12H10Cl3N. The minimum Gasteiger partial charge on any atom is -0.193 e. The van der Waals surface area contributed by atoms with Crippen LogP contribution in [0.25, 0.3) is 5.03 Å². The second kappa shape index (κ2) is 6.15. The van der Waals surface area contributed by atoms with E-state index in [1.54, 1.807) is 18.2 Å². The molecule has 0 radical (unpaired) electrons. The van der Waals surface area contributed by atoms with Crippen molar-refractivity contribution in [3.8, 4) is 6.07 Å². The van der Waals surface area contributed by atoms with Crippen molar-refractivity contribution < 1.29 is 0 Å². The van der Waals surface area contributed by atoms with Crippen molar-refractivity contribution in [1.82, 2.24) is 0 Å². The molecular weight excluding hydrogens is 264 g/mol. The number of hydrogen-bond acceptors (Lipinski definition) is 1. The van der Waals surface area contributed by atoms with Gasteiger partial charge in [-0.3, -0.25) is 0 Å². The van der Waals surface area contributed by atoms with E-state index in [-0.39, 0.29) is 0 Å². The van der Waals surface area contributed by atoms with Gasteiger partial charge in [0.05, 0.1) is 11.1 Å². The molecule has 0 amide bonds. The Labute approximate surface area is 110 Å². The normalized spacial score (nSPS) is 11.9. The van der Waals surface area contributed by atoms with E-state index in [1.807, 2.05) is 6.92 Å². The summed E-state index contributed by atoms with van der Waals surface area (Å²) in [6.45, 7) is 1.99. The van der Waals surface area contributed by atoms with Gasteiger partial charge in [0.1, 0.15) is 0 Å². The molecule has 16 heavy (non-hydrogen) atoms. The highest BCUT2D eigenvalue weighted by molar-refractivity contribution is 6.51. The SMILES string of the molecule is CCCC(C#N)=C(Cl)c1cc(Cl)ccc1Cl. The zero-order chi connectivity index (χ0) is 12.1. The van der Waals surface area contributed by atoms with E-state index in [9.17, 15) is 0 Å². The first-order valence-electron chi connectivity index (χ1n) is 4.84. The summed E-state index contributed by atoms with van der Waals surface area (Å²) >= 11 is 18.0. The number of benzene rings is 1. The lowest BCUT2D eigenvalue weighted by Crippen LogP contribution is -1.87. The Kier molecular flexibility index (Phi) is 5.15. The average molecular weight is 275 g/mol. The summed E-state index contributed by atoms with van der Waals surface area (Å²) in [6, 6.07) is 7.11. The Morgan fingerprint density at radius 1 is 1.38 bits per heavy atom. The molecule has 0 aliphatic carbocycles. The fraction of sp³-hybridized carbons (Fsp3) is 0.250. The quantitative estimate of drug-likeness (QED) is 0.689. The van der Waals surface area contributed by atoms with Crippen LogP contribution < -0.4 is 0 Å². The van der Waals surface area contributed by atoms with Gasteiger partial charge in [0.25, 0.3) is 0 Å². The van der Waals surface area contributed by atoms with Crippen LogP contribution in [-0.2, 0) is 0 Å². The van der Waals surface area contributed by atoms with E-state index in [1.165, 1.54) is 0 Å². The molecule has 1 rings (SSSR count). The molecule has 0 spiro atoms. The first-order chi connectivity index (χ1) is 7.60. The van der Waals surface area contributed by atoms with Crippen LogP contribution in [0.3, 0.4) is 0 Å². The van der Waals surface area contributed by atoms with E-state index in [2.05, 4.69) is 6.07 Å². The molecule has 0 atom stereocenters. The summed E-state index contributed by atoms with van der Waals surface area (Å²) in [4.78, 5) is 0. The molecule has 4 heteroatoms. The molecule has 0 bridgehead atoms. The van der Waals surface area contributed by atoms with Crippen LogP contribution in [0, 0.1) is 11.3 Å². The summed E-state index contributed by atoms with van der Waals surface area (Å²) in [5.41, 5.74) is 1.15. The predicted molar refractivity (Wildman–Crippen MR) is 69.8 cm³/mol. The lowest BCUT2D eigenvalue weighted by molar-refractivity contribution is 0.933. The Bertz CT molecular complexity index is 458. The molecule has 0 unspecified atom stereocenters. The smallest absolute Gasteiger partial charge is 0.0962 e. The van der Waals surface area contributed by atoms with Gasteiger partial charge in [-0.05, 0) is 24.6 Å². The van der Waals surface area contributed by atoms with Gasteiger partial charge < -0.3 is 0 Å². The summed E-state index contributed by atoms with van der Waals surface area (Å²) in [7, 11) is 0. The van der Waals surface area contributed by atoms with Crippen molar-refractivity contribution in [2.75, 3.05) is 0 Å². The summed E-state index contributed by atoms with van der Waals surface area (Å²) in [5, 5.41) is 10.4. The van der Waals surface area contributed by atoms with Gasteiger partial charge >= 0.3 is 0 Å². The largest absolute Gasteiger partial charge is 0.193 e. The lowest BCUT2D eigenvalue weighted by Gasteiger charge is -2.06. The van der Waals surface area contributed by atoms with Crippen molar-refractivity contribution in [3.63, 3.8) is 0 Å². The van der Waals surface area contributed by atoms with Crippen LogP contribution in [0.4, 0.5) is 0 Å². The average Bonchev–Trinajstić information content (AvgIpc) is 2.28. The molecule has 1 aromatic carbocycles. The molecule has 0 fully saturated rings. The van der Waals surface area contributed by atoms with Crippen LogP contribution >= 0.6 is 34.8 Å². The first-order valence-corrected chi connectivity index (χ1v) is 5.97. The highest BCUT2D eigenvalue weighted by Gasteiger charge is 2.10. The number of hydrogen-bond donors (Lipinski definition) is 0. The Morgan fingerprint density at radius 3 is 2.62 bits per heavy atom. The Hall–Kier alpha value is -0.680. The third-order valence-electron chi connectivity index (χ3n) is 2.06. The zero-order valence-electron chi connectivity index (χ0n) is 8.73. The van der Waals surface area contributed by atoms with E-state index in [0.29, 0.717) is 32.6 Å². The van der Waals surface area contributed by atoms with Gasteiger partial charge in [-0.1, -0.05) is 48.1 Å². The maximum Gasteiger partial charge on any atom is 0.0962 e. The van der Waals surface area contributed by atoms with E-state index in [4.69, 9.17) is 40.1 Å². The van der Waals surface area contributed by atoms with E-state index >= 15 is 0 Å². The third-order valence-corrected chi connectivity index (χ3v) is 3.06. The lowest BCUT2D eigenvalue weighted by atomic mass is 10.1. The molecule has 0 aromatic heterocycles. The predicted octanol–water partition coefficient (Wildman–Crippen LogP) is 5.27. The second-order valence-electron chi connectivity index (χ2n) is 3.28. The van der Waals surface area contributed by atoms with Gasteiger partial charge in [0.15, 0.2) is 0 Å². The monoisotopic (exact) mass is 273 g/mol. The standard InChI is InChI=1S/C12H10Cl3N/c1-2-3-8(7-16)12(15)10-6-9(13)4-5-11(10)14/h4-6H,2-3H2,1H3. The van der Waals surface area contributed by atoms with E-state index < -0.39 is 0 Å².